The zero-order chi connectivity index (χ0) is 32.2. The van der Waals surface area contributed by atoms with E-state index in [4.69, 9.17) is 0 Å². The number of carbonyl (C=O) groups is 1. The molecule has 0 bridgehead atoms. The number of nitrogens with zero attached hydrogens (tertiary/aromatic N) is 4. The van der Waals surface area contributed by atoms with Crippen molar-refractivity contribution in [2.24, 2.45) is 0 Å². The van der Waals surface area contributed by atoms with E-state index in [9.17, 15) is 31.1 Å². The first-order chi connectivity index (χ1) is 21.4. The minimum Gasteiger partial charge on any atom is -0.342 e. The summed E-state index contributed by atoms with van der Waals surface area (Å²) >= 11 is 0. The number of H-pyrrole nitrogens is 1. The molecule has 3 aromatic carbocycles. The van der Waals surface area contributed by atoms with Crippen LogP contribution in [0.5, 0.6) is 0 Å². The number of alkyl halides is 6. The molecule has 1 fully saturated rings. The van der Waals surface area contributed by atoms with E-state index in [1.54, 1.807) is 29.2 Å². The van der Waals surface area contributed by atoms with Gasteiger partial charge < -0.3 is 10.2 Å². The number of anilines is 3. The Hall–Kier alpha value is -4.88. The van der Waals surface area contributed by atoms with Gasteiger partial charge in [-0.25, -0.2) is 0 Å². The standard InChI is InChI=1S/C31H29F6N7O/c1-19(38-26-16-24(30(32,33)34)15-25(17-26)31(35,36)37)44(27-13-11-22(12-14-27)21-5-3-2-4-6-21)18-20-7-9-23(10-8-20)28(45)39-29-40-42-43-41-29/h7-17,21,38H,1-6,18H2,(H2,39,40,41,42,43,45). The van der Waals surface area contributed by atoms with Gasteiger partial charge in [0, 0.05) is 23.5 Å². The van der Waals surface area contributed by atoms with E-state index >= 15 is 0 Å². The molecule has 0 atom stereocenters. The molecular formula is C31H29F6N7O. The number of rotatable bonds is 9. The summed E-state index contributed by atoms with van der Waals surface area (Å²) in [4.78, 5) is 14.2. The van der Waals surface area contributed by atoms with Gasteiger partial charge in [0.05, 0.1) is 11.1 Å². The van der Waals surface area contributed by atoms with Crippen LogP contribution in [-0.4, -0.2) is 26.5 Å². The average Bonchev–Trinajstić information content (AvgIpc) is 3.53. The summed E-state index contributed by atoms with van der Waals surface area (Å²) < 4.78 is 81.0. The highest BCUT2D eigenvalue weighted by molar-refractivity contribution is 6.03. The van der Waals surface area contributed by atoms with Crippen LogP contribution in [0.1, 0.15) is 70.6 Å². The zero-order valence-corrected chi connectivity index (χ0v) is 23.8. The molecule has 45 heavy (non-hydrogen) atoms. The lowest BCUT2D eigenvalue weighted by Gasteiger charge is -2.29. The number of hydrogen-bond donors (Lipinski definition) is 3. The summed E-state index contributed by atoms with van der Waals surface area (Å²) in [6, 6.07) is 15.5. The van der Waals surface area contributed by atoms with E-state index in [0.29, 0.717) is 34.9 Å². The van der Waals surface area contributed by atoms with Gasteiger partial charge >= 0.3 is 12.4 Å². The smallest absolute Gasteiger partial charge is 0.342 e. The van der Waals surface area contributed by atoms with E-state index < -0.39 is 35.1 Å². The molecule has 0 spiro atoms. The number of aromatic amines is 1. The quantitative estimate of drug-likeness (QED) is 0.162. The second kappa shape index (κ2) is 13.0. The Balaban J connectivity index is 1.42. The van der Waals surface area contributed by atoms with Crippen LogP contribution < -0.4 is 15.5 Å². The van der Waals surface area contributed by atoms with Crippen molar-refractivity contribution in [2.75, 3.05) is 15.5 Å². The van der Waals surface area contributed by atoms with Crippen LogP contribution in [0.4, 0.5) is 43.7 Å². The number of amides is 1. The summed E-state index contributed by atoms with van der Waals surface area (Å²) in [5, 5.41) is 18.1. The molecule has 0 saturated heterocycles. The molecule has 4 aromatic rings. The van der Waals surface area contributed by atoms with Gasteiger partial charge in [-0.1, -0.05) is 55.2 Å². The molecule has 5 rings (SSSR count). The molecule has 0 radical (unpaired) electrons. The van der Waals surface area contributed by atoms with Gasteiger partial charge in [0.25, 0.3) is 11.9 Å². The summed E-state index contributed by atoms with van der Waals surface area (Å²) in [6.45, 7) is 4.10. The molecule has 1 amide bonds. The third-order valence-electron chi connectivity index (χ3n) is 7.61. The average molecular weight is 630 g/mol. The number of carbonyl (C=O) groups excluding carboxylic acids is 1. The Labute approximate surface area is 254 Å². The maximum atomic E-state index is 13.5. The molecule has 0 unspecified atom stereocenters. The van der Waals surface area contributed by atoms with Crippen LogP contribution in [0.3, 0.4) is 0 Å². The van der Waals surface area contributed by atoms with E-state index in [2.05, 4.69) is 37.8 Å². The van der Waals surface area contributed by atoms with E-state index in [1.165, 1.54) is 12.0 Å². The molecule has 1 aromatic heterocycles. The SMILES string of the molecule is C=C(Nc1cc(C(F)(F)F)cc(C(F)(F)F)c1)N(Cc1ccc(C(=O)Nc2nn[nH]n2)cc1)c1ccc(C2CCCCC2)cc1. The Kier molecular flexibility index (Phi) is 9.11. The number of aromatic nitrogens is 4. The monoisotopic (exact) mass is 629 g/mol. The van der Waals surface area contributed by atoms with Crippen molar-refractivity contribution < 1.29 is 31.1 Å². The topological polar surface area (TPSA) is 98.8 Å². The number of halogens is 6. The minimum atomic E-state index is -4.99. The Morgan fingerprint density at radius 2 is 1.49 bits per heavy atom. The van der Waals surface area contributed by atoms with Crippen molar-refractivity contribution in [2.45, 2.75) is 56.9 Å². The van der Waals surface area contributed by atoms with Gasteiger partial charge in [0.2, 0.25) is 0 Å². The lowest BCUT2D eigenvalue weighted by atomic mass is 9.84. The Morgan fingerprint density at radius 3 is 2.04 bits per heavy atom. The maximum Gasteiger partial charge on any atom is 0.416 e. The van der Waals surface area contributed by atoms with Gasteiger partial charge in [-0.2, -0.15) is 31.6 Å². The van der Waals surface area contributed by atoms with Crippen molar-refractivity contribution in [1.29, 1.82) is 0 Å². The van der Waals surface area contributed by atoms with Gasteiger partial charge in [-0.3, -0.25) is 10.1 Å². The van der Waals surface area contributed by atoms with Gasteiger partial charge in [-0.15, -0.1) is 5.10 Å². The molecule has 1 heterocycles. The van der Waals surface area contributed by atoms with Crippen LogP contribution in [0, 0.1) is 0 Å². The lowest BCUT2D eigenvalue weighted by molar-refractivity contribution is -0.143. The molecular weight excluding hydrogens is 600 g/mol. The van der Waals surface area contributed by atoms with Crippen LogP contribution in [0.15, 0.2) is 79.1 Å². The second-order valence-corrected chi connectivity index (χ2v) is 10.8. The number of tetrazole rings is 1. The summed E-state index contributed by atoms with van der Waals surface area (Å²) in [5.41, 5.74) is -0.524. The highest BCUT2D eigenvalue weighted by Gasteiger charge is 2.37. The Morgan fingerprint density at radius 1 is 0.867 bits per heavy atom. The maximum absolute atomic E-state index is 13.5. The molecule has 8 nitrogen and oxygen atoms in total. The molecule has 1 aliphatic rings. The van der Waals surface area contributed by atoms with Gasteiger partial charge in [0.1, 0.15) is 5.82 Å². The number of hydrogen-bond acceptors (Lipinski definition) is 6. The van der Waals surface area contributed by atoms with Gasteiger partial charge in [-0.05, 0) is 77.6 Å². The van der Waals surface area contributed by atoms with Crippen molar-refractivity contribution in [3.8, 4) is 0 Å². The third-order valence-corrected chi connectivity index (χ3v) is 7.61. The number of benzene rings is 3. The zero-order valence-electron chi connectivity index (χ0n) is 23.8. The molecule has 1 saturated carbocycles. The largest absolute Gasteiger partial charge is 0.416 e. The Bertz CT molecular complexity index is 1580. The predicted molar refractivity (Wildman–Crippen MR) is 156 cm³/mol. The first-order valence-corrected chi connectivity index (χ1v) is 14.1. The molecule has 0 aliphatic heterocycles. The van der Waals surface area contributed by atoms with Crippen LogP contribution in [-0.2, 0) is 18.9 Å². The van der Waals surface area contributed by atoms with Crippen molar-refractivity contribution in [1.82, 2.24) is 20.6 Å². The van der Waals surface area contributed by atoms with Crippen LogP contribution >= 0.6 is 0 Å². The predicted octanol–water partition coefficient (Wildman–Crippen LogP) is 8.13. The molecule has 14 heteroatoms. The highest BCUT2D eigenvalue weighted by Crippen LogP contribution is 2.38. The van der Waals surface area contributed by atoms with Crippen molar-refractivity contribution in [3.05, 3.63) is 107 Å². The third kappa shape index (κ3) is 7.99. The molecule has 236 valence electrons. The molecule has 1 aliphatic carbocycles. The van der Waals surface area contributed by atoms with Gasteiger partial charge in [0.15, 0.2) is 0 Å². The second-order valence-electron chi connectivity index (χ2n) is 10.8. The van der Waals surface area contributed by atoms with Crippen LogP contribution in [0.2, 0.25) is 0 Å². The fraction of sp³-hybridized carbons (Fsp3) is 0.290. The normalized spacial score (nSPS) is 14.2. The summed E-state index contributed by atoms with van der Waals surface area (Å²) in [5.74, 6) is -0.00169. The molecule has 3 N–H and O–H groups in total. The highest BCUT2D eigenvalue weighted by atomic mass is 19.4. The lowest BCUT2D eigenvalue weighted by Crippen LogP contribution is -2.26. The van der Waals surface area contributed by atoms with Crippen LogP contribution in [0.25, 0.3) is 0 Å². The number of nitrogens with one attached hydrogen (secondary N) is 3. The first-order valence-electron chi connectivity index (χ1n) is 14.1. The first kappa shape index (κ1) is 31.5. The minimum absolute atomic E-state index is 0.00225. The fourth-order valence-corrected chi connectivity index (χ4v) is 5.30. The van der Waals surface area contributed by atoms with Crippen molar-refractivity contribution in [3.63, 3.8) is 0 Å². The van der Waals surface area contributed by atoms with E-state index in [0.717, 1.165) is 25.7 Å². The fourth-order valence-electron chi connectivity index (χ4n) is 5.30. The van der Waals surface area contributed by atoms with E-state index in [-0.39, 0.29) is 24.4 Å². The summed E-state index contributed by atoms with van der Waals surface area (Å²) in [6.07, 6.45) is -4.31. The van der Waals surface area contributed by atoms with E-state index in [1.807, 2.05) is 24.3 Å². The van der Waals surface area contributed by atoms with Crippen molar-refractivity contribution >= 4 is 23.2 Å². The summed E-state index contributed by atoms with van der Waals surface area (Å²) in [7, 11) is 0.